The third-order valence-corrected chi connectivity index (χ3v) is 5.51. The normalized spacial score (nSPS) is 10.2. The van der Waals surface area contributed by atoms with Crippen LogP contribution >= 0.6 is 0 Å². The monoisotopic (exact) mass is 533 g/mol. The van der Waals surface area contributed by atoms with Crippen LogP contribution in [0.15, 0.2) is 97.1 Å². The number of imidazole rings is 2. The SMILES string of the molecule is O=Cc1ccc(-c2nc3ccccc3[nH]2)cc1.OCc1ccc(-c2nc3ccccc3[nH]2)cc1.[O]=[Mn]=[O]. The number of hydrogen-bond donors (Lipinski definition) is 3. The summed E-state index contributed by atoms with van der Waals surface area (Å²) in [6.07, 6.45) is 0.836. The summed E-state index contributed by atoms with van der Waals surface area (Å²) >= 11 is -1.44. The molecule has 0 saturated heterocycles. The zero-order valence-corrected chi connectivity index (χ0v) is 20.6. The first-order chi connectivity index (χ1) is 18.1. The molecular weight excluding hydrogens is 511 g/mol. The van der Waals surface area contributed by atoms with Crippen molar-refractivity contribution >= 4 is 28.4 Å². The van der Waals surface area contributed by atoms with E-state index < -0.39 is 14.8 Å². The van der Waals surface area contributed by atoms with Crippen LogP contribution in [0.3, 0.4) is 0 Å². The molecule has 0 radical (unpaired) electrons. The molecular formula is C28H22MnN4O4. The number of H-pyrrole nitrogens is 2. The Hall–Kier alpha value is -4.43. The molecule has 185 valence electrons. The number of nitrogens with one attached hydrogen (secondary N) is 2. The molecule has 8 nitrogen and oxygen atoms in total. The predicted octanol–water partition coefficient (Wildman–Crippen LogP) is 5.52. The van der Waals surface area contributed by atoms with E-state index in [1.165, 1.54) is 0 Å². The summed E-state index contributed by atoms with van der Waals surface area (Å²) in [5, 5.41) is 8.99. The zero-order chi connectivity index (χ0) is 26.0. The first-order valence-electron chi connectivity index (χ1n) is 11.2. The summed E-state index contributed by atoms with van der Waals surface area (Å²) in [6.45, 7) is 0.0699. The van der Waals surface area contributed by atoms with Crippen molar-refractivity contribution < 1.29 is 32.4 Å². The number of aldehydes is 1. The molecule has 0 saturated carbocycles. The fourth-order valence-corrected chi connectivity index (χ4v) is 3.67. The zero-order valence-electron chi connectivity index (χ0n) is 19.5. The molecule has 0 aliphatic carbocycles. The Morgan fingerprint density at radius 3 is 1.51 bits per heavy atom. The van der Waals surface area contributed by atoms with Crippen molar-refractivity contribution in [3.05, 3.63) is 108 Å². The summed E-state index contributed by atoms with van der Waals surface area (Å²) in [5.74, 6) is 1.68. The quantitative estimate of drug-likeness (QED) is 0.202. The minimum absolute atomic E-state index is 0.0699. The number of benzene rings is 4. The number of aliphatic hydroxyl groups excluding tert-OH is 1. The van der Waals surface area contributed by atoms with Crippen LogP contribution in [-0.4, -0.2) is 31.3 Å². The van der Waals surface area contributed by atoms with Gasteiger partial charge >= 0.3 is 22.5 Å². The summed E-state index contributed by atoms with van der Waals surface area (Å²) in [5.41, 5.74) is 7.55. The Morgan fingerprint density at radius 2 is 1.11 bits per heavy atom. The van der Waals surface area contributed by atoms with E-state index in [1.54, 1.807) is 12.1 Å². The summed E-state index contributed by atoms with van der Waals surface area (Å²) < 4.78 is 16.8. The third-order valence-electron chi connectivity index (χ3n) is 5.51. The van der Waals surface area contributed by atoms with Crippen LogP contribution in [0.25, 0.3) is 44.8 Å². The van der Waals surface area contributed by atoms with Crippen LogP contribution in [0.4, 0.5) is 0 Å². The van der Waals surface area contributed by atoms with Gasteiger partial charge in [0.2, 0.25) is 0 Å². The number of carbonyl (C=O) groups is 1. The van der Waals surface area contributed by atoms with E-state index in [2.05, 4.69) is 19.9 Å². The second-order valence-corrected chi connectivity index (χ2v) is 8.06. The van der Waals surface area contributed by atoms with Gasteiger partial charge in [-0.05, 0) is 29.8 Å². The van der Waals surface area contributed by atoms with Gasteiger partial charge in [0.1, 0.15) is 17.9 Å². The van der Waals surface area contributed by atoms with Crippen LogP contribution in [0.2, 0.25) is 0 Å². The summed E-state index contributed by atoms with van der Waals surface area (Å²) in [6, 6.07) is 30.9. The van der Waals surface area contributed by atoms with Crippen LogP contribution in [0.1, 0.15) is 15.9 Å². The molecule has 0 atom stereocenters. The van der Waals surface area contributed by atoms with Crippen molar-refractivity contribution in [2.75, 3.05) is 0 Å². The van der Waals surface area contributed by atoms with E-state index >= 15 is 0 Å². The van der Waals surface area contributed by atoms with Crippen LogP contribution in [-0.2, 0) is 29.1 Å². The van der Waals surface area contributed by atoms with Crippen molar-refractivity contribution in [1.29, 1.82) is 0 Å². The number of aromatic amines is 2. The molecule has 2 aromatic heterocycles. The van der Waals surface area contributed by atoms with Gasteiger partial charge in [-0.2, -0.15) is 0 Å². The van der Waals surface area contributed by atoms with E-state index in [0.717, 1.165) is 56.7 Å². The molecule has 0 aliphatic rings. The Kier molecular flexibility index (Phi) is 8.67. The second kappa shape index (κ2) is 12.5. The Balaban J connectivity index is 0.000000157. The Labute approximate surface area is 218 Å². The number of nitrogens with zero attached hydrogens (tertiary/aromatic N) is 2. The Morgan fingerprint density at radius 1 is 0.676 bits per heavy atom. The molecule has 0 spiro atoms. The van der Waals surface area contributed by atoms with E-state index in [-0.39, 0.29) is 6.61 Å². The number of aliphatic hydroxyl groups is 1. The number of carbonyl (C=O) groups excluding carboxylic acids is 1. The predicted molar refractivity (Wildman–Crippen MR) is 136 cm³/mol. The molecule has 6 aromatic rings. The van der Waals surface area contributed by atoms with Crippen LogP contribution in [0.5, 0.6) is 0 Å². The molecule has 0 unspecified atom stereocenters. The maximum absolute atomic E-state index is 10.6. The molecule has 0 fully saturated rings. The van der Waals surface area contributed by atoms with E-state index in [9.17, 15) is 4.79 Å². The van der Waals surface area contributed by atoms with Gasteiger partial charge in [0, 0.05) is 16.7 Å². The number of aromatic nitrogens is 4. The van der Waals surface area contributed by atoms with Gasteiger partial charge < -0.3 is 15.1 Å². The molecule has 6 rings (SSSR count). The number of hydrogen-bond acceptors (Lipinski definition) is 6. The van der Waals surface area contributed by atoms with Gasteiger partial charge in [-0.1, -0.05) is 72.8 Å². The average molecular weight is 533 g/mol. The van der Waals surface area contributed by atoms with Gasteiger partial charge in [0.25, 0.3) is 0 Å². The summed E-state index contributed by atoms with van der Waals surface area (Å²) in [7, 11) is 0. The molecule has 4 aromatic carbocycles. The molecule has 2 heterocycles. The van der Waals surface area contributed by atoms with Crippen LogP contribution < -0.4 is 0 Å². The maximum atomic E-state index is 10.6. The van der Waals surface area contributed by atoms with E-state index in [4.69, 9.17) is 12.8 Å². The third kappa shape index (κ3) is 6.42. The van der Waals surface area contributed by atoms with Gasteiger partial charge in [-0.25, -0.2) is 9.97 Å². The fourth-order valence-electron chi connectivity index (χ4n) is 3.67. The first-order valence-corrected chi connectivity index (χ1v) is 12.2. The molecule has 0 amide bonds. The van der Waals surface area contributed by atoms with Gasteiger partial charge in [-0.3, -0.25) is 4.79 Å². The molecule has 0 aliphatic heterocycles. The van der Waals surface area contributed by atoms with Crippen molar-refractivity contribution in [1.82, 2.24) is 19.9 Å². The van der Waals surface area contributed by atoms with Crippen molar-refractivity contribution in [3.63, 3.8) is 0 Å². The topological polar surface area (TPSA) is 129 Å². The fraction of sp³-hybridized carbons (Fsp3) is 0.0357. The molecule has 3 N–H and O–H groups in total. The van der Waals surface area contributed by atoms with Gasteiger partial charge in [0.05, 0.1) is 28.7 Å². The Bertz CT molecular complexity index is 1590. The number of rotatable bonds is 4. The number of para-hydroxylation sites is 4. The van der Waals surface area contributed by atoms with Crippen molar-refractivity contribution in [3.8, 4) is 22.8 Å². The first kappa shape index (κ1) is 25.7. The molecule has 37 heavy (non-hydrogen) atoms. The second-order valence-electron chi connectivity index (χ2n) is 7.86. The van der Waals surface area contributed by atoms with E-state index in [0.29, 0.717) is 5.56 Å². The van der Waals surface area contributed by atoms with Crippen molar-refractivity contribution in [2.24, 2.45) is 0 Å². The standard InChI is InChI=1S/C14H12N2O.C14H10N2O.Mn.2O/c2*17-9-10-5-7-11(8-6-10)14-15-12-3-1-2-4-13(12)16-14;;;/h1-8,17H,9H2,(H,15,16);1-9H,(H,15,16);;;. The average Bonchev–Trinajstić information content (AvgIpc) is 3.59. The number of fused-ring (bicyclic) bond motifs is 2. The molecule has 0 bridgehead atoms. The minimum atomic E-state index is -1.44. The van der Waals surface area contributed by atoms with Gasteiger partial charge in [-0.15, -0.1) is 0 Å². The van der Waals surface area contributed by atoms with E-state index in [1.807, 2.05) is 84.9 Å². The van der Waals surface area contributed by atoms with Crippen LogP contribution in [0, 0.1) is 0 Å². The van der Waals surface area contributed by atoms with Gasteiger partial charge in [0.15, 0.2) is 0 Å². The molecule has 9 heteroatoms. The summed E-state index contributed by atoms with van der Waals surface area (Å²) in [4.78, 5) is 26.1. The van der Waals surface area contributed by atoms with Crippen molar-refractivity contribution in [2.45, 2.75) is 6.61 Å².